The Morgan fingerprint density at radius 1 is 1.30 bits per heavy atom. The zero-order chi connectivity index (χ0) is 19.3. The van der Waals surface area contributed by atoms with Gasteiger partial charge in [0.05, 0.1) is 11.3 Å². The van der Waals surface area contributed by atoms with Gasteiger partial charge in [-0.25, -0.2) is 0 Å². The van der Waals surface area contributed by atoms with E-state index in [0.717, 1.165) is 36.8 Å². The fraction of sp³-hybridized carbons (Fsp3) is 0.400. The molecule has 0 saturated heterocycles. The second-order valence-electron chi connectivity index (χ2n) is 6.84. The molecule has 27 heavy (non-hydrogen) atoms. The van der Waals surface area contributed by atoms with Crippen LogP contribution in [-0.4, -0.2) is 19.2 Å². The Hall–Kier alpha value is -2.04. The Bertz CT molecular complexity index is 934. The van der Waals surface area contributed by atoms with Crippen molar-refractivity contribution in [2.45, 2.75) is 39.0 Å². The largest absolute Gasteiger partial charge is 0.328 e. The van der Waals surface area contributed by atoms with Crippen LogP contribution >= 0.6 is 11.8 Å². The first-order valence-electron chi connectivity index (χ1n) is 9.03. The smallest absolute Gasteiger partial charge is 0.267 e. The molecular formula is C20H22N2O3S2. The third-order valence-electron chi connectivity index (χ3n) is 4.84. The van der Waals surface area contributed by atoms with Crippen molar-refractivity contribution in [3.8, 4) is 6.07 Å². The summed E-state index contributed by atoms with van der Waals surface area (Å²) >= 11 is 1.25. The molecule has 0 aromatic heterocycles. The first-order valence-corrected chi connectivity index (χ1v) is 11.5. The number of hydrogen-bond donors (Lipinski definition) is 0. The summed E-state index contributed by atoms with van der Waals surface area (Å²) in [7, 11) is -3.73. The van der Waals surface area contributed by atoms with E-state index < -0.39 is 10.1 Å². The molecule has 7 heteroatoms. The minimum atomic E-state index is -3.73. The second kappa shape index (κ2) is 8.77. The maximum Gasteiger partial charge on any atom is 0.328 e. The summed E-state index contributed by atoms with van der Waals surface area (Å²) < 4.78 is 29.5. The second-order valence-corrected chi connectivity index (χ2v) is 9.33. The van der Waals surface area contributed by atoms with Crippen molar-refractivity contribution in [2.75, 3.05) is 5.75 Å². The van der Waals surface area contributed by atoms with Crippen molar-refractivity contribution in [3.63, 3.8) is 0 Å². The van der Waals surface area contributed by atoms with Crippen LogP contribution in [0.4, 0.5) is 0 Å². The molecule has 0 N–H and O–H groups in total. The van der Waals surface area contributed by atoms with E-state index in [0.29, 0.717) is 16.2 Å². The first-order chi connectivity index (χ1) is 13.0. The van der Waals surface area contributed by atoms with Gasteiger partial charge in [-0.3, -0.25) is 4.28 Å². The number of allylic oxidation sites excluding steroid dienone is 2. The zero-order valence-electron chi connectivity index (χ0n) is 15.2. The number of aryl methyl sites for hydroxylation is 1. The molecule has 1 aromatic rings. The molecule has 1 aliphatic heterocycles. The van der Waals surface area contributed by atoms with Gasteiger partial charge < -0.3 is 0 Å². The summed E-state index contributed by atoms with van der Waals surface area (Å²) in [4.78, 5) is 0. The van der Waals surface area contributed by atoms with Crippen molar-refractivity contribution in [1.82, 2.24) is 0 Å². The van der Waals surface area contributed by atoms with Crippen LogP contribution in [0, 0.1) is 24.2 Å². The fourth-order valence-corrected chi connectivity index (χ4v) is 5.36. The molecule has 1 aromatic carbocycles. The van der Waals surface area contributed by atoms with Crippen molar-refractivity contribution in [2.24, 2.45) is 11.1 Å². The van der Waals surface area contributed by atoms with Crippen LogP contribution in [-0.2, 0) is 14.4 Å². The Morgan fingerprint density at radius 3 is 2.74 bits per heavy atom. The molecule has 2 aliphatic rings. The van der Waals surface area contributed by atoms with Gasteiger partial charge in [-0.15, -0.1) is 0 Å². The van der Waals surface area contributed by atoms with E-state index in [-0.39, 0.29) is 11.7 Å². The standard InChI is InChI=1S/C20H22N2O3S2/c1-15-7-5-6-10-17(15)19(13-21)18-11-12-26-20(18)22-25-27(23,24)14-16-8-3-2-4-9-16/h5-7,10-12,16H,2-4,8-9,14H2,1H3/b19-18?,22-20-. The monoisotopic (exact) mass is 402 g/mol. The summed E-state index contributed by atoms with van der Waals surface area (Å²) in [6.07, 6.45) is 6.93. The highest BCUT2D eigenvalue weighted by Gasteiger charge is 2.24. The van der Waals surface area contributed by atoms with Crippen LogP contribution in [0.3, 0.4) is 0 Å². The van der Waals surface area contributed by atoms with Gasteiger partial charge in [-0.2, -0.15) is 13.7 Å². The SMILES string of the molecule is Cc1ccccc1C(C#N)=C1C=CS/C1=N\OS(=O)(=O)CC1CCCCC1. The molecule has 5 nitrogen and oxygen atoms in total. The van der Waals surface area contributed by atoms with Crippen molar-refractivity contribution >= 4 is 32.5 Å². The summed E-state index contributed by atoms with van der Waals surface area (Å²) in [6.45, 7) is 1.93. The molecule has 0 spiro atoms. The number of nitriles is 1. The predicted molar refractivity (Wildman–Crippen MR) is 109 cm³/mol. The summed E-state index contributed by atoms with van der Waals surface area (Å²) in [5, 5.41) is 15.7. The van der Waals surface area contributed by atoms with Crippen LogP contribution < -0.4 is 0 Å². The third-order valence-corrected chi connectivity index (χ3v) is 6.81. The van der Waals surface area contributed by atoms with Crippen LogP contribution in [0.25, 0.3) is 5.57 Å². The van der Waals surface area contributed by atoms with E-state index >= 15 is 0 Å². The summed E-state index contributed by atoms with van der Waals surface area (Å²) in [5.74, 6) is 0.152. The lowest BCUT2D eigenvalue weighted by atomic mass is 9.91. The minimum absolute atomic E-state index is 0.00379. The Labute approximate surface area is 164 Å². The lowest BCUT2D eigenvalue weighted by molar-refractivity contribution is 0.321. The van der Waals surface area contributed by atoms with Gasteiger partial charge in [0.1, 0.15) is 11.1 Å². The number of hydrogen-bond acceptors (Lipinski definition) is 6. The summed E-state index contributed by atoms with van der Waals surface area (Å²) in [6, 6.07) is 9.81. The molecule has 1 saturated carbocycles. The first kappa shape index (κ1) is 19.7. The van der Waals surface area contributed by atoms with E-state index in [1.54, 1.807) is 11.5 Å². The number of nitrogens with zero attached hydrogens (tertiary/aromatic N) is 2. The van der Waals surface area contributed by atoms with Crippen LogP contribution in [0.5, 0.6) is 0 Å². The molecule has 0 atom stereocenters. The molecule has 0 unspecified atom stereocenters. The highest BCUT2D eigenvalue weighted by atomic mass is 32.2. The quantitative estimate of drug-likeness (QED) is 0.523. The minimum Gasteiger partial charge on any atom is -0.267 e. The molecule has 0 bridgehead atoms. The van der Waals surface area contributed by atoms with Gasteiger partial charge >= 0.3 is 10.1 Å². The van der Waals surface area contributed by atoms with E-state index in [9.17, 15) is 13.7 Å². The molecule has 3 rings (SSSR count). The van der Waals surface area contributed by atoms with Crippen LogP contribution in [0.15, 0.2) is 46.5 Å². The molecule has 0 radical (unpaired) electrons. The number of oxime groups is 1. The average molecular weight is 403 g/mol. The van der Waals surface area contributed by atoms with Crippen LogP contribution in [0.2, 0.25) is 0 Å². The highest BCUT2D eigenvalue weighted by Crippen LogP contribution is 2.32. The lowest BCUT2D eigenvalue weighted by Crippen LogP contribution is -2.19. The summed E-state index contributed by atoms with van der Waals surface area (Å²) in [5.41, 5.74) is 2.82. The number of benzene rings is 1. The van der Waals surface area contributed by atoms with E-state index in [1.807, 2.05) is 31.2 Å². The Morgan fingerprint density at radius 2 is 2.04 bits per heavy atom. The number of rotatable bonds is 5. The van der Waals surface area contributed by atoms with Gasteiger partial charge in [-0.1, -0.05) is 60.4 Å². The third kappa shape index (κ3) is 5.02. The average Bonchev–Trinajstić information content (AvgIpc) is 3.11. The Kier molecular flexibility index (Phi) is 6.40. The molecule has 1 aliphatic carbocycles. The van der Waals surface area contributed by atoms with Crippen molar-refractivity contribution in [1.29, 1.82) is 5.26 Å². The van der Waals surface area contributed by atoms with Crippen LogP contribution in [0.1, 0.15) is 43.2 Å². The normalized spacial score (nSPS) is 21.3. The van der Waals surface area contributed by atoms with E-state index in [2.05, 4.69) is 11.2 Å². The highest BCUT2D eigenvalue weighted by molar-refractivity contribution is 8.17. The van der Waals surface area contributed by atoms with Gasteiger partial charge in [0.15, 0.2) is 0 Å². The van der Waals surface area contributed by atoms with Gasteiger partial charge in [0.2, 0.25) is 0 Å². The Balaban J connectivity index is 1.81. The van der Waals surface area contributed by atoms with Crippen molar-refractivity contribution in [3.05, 3.63) is 52.4 Å². The number of thioether (sulfide) groups is 1. The molecule has 142 valence electrons. The molecule has 1 heterocycles. The van der Waals surface area contributed by atoms with E-state index in [4.69, 9.17) is 4.28 Å². The van der Waals surface area contributed by atoms with Gasteiger partial charge in [0, 0.05) is 5.57 Å². The van der Waals surface area contributed by atoms with Gasteiger partial charge in [0.25, 0.3) is 0 Å². The fourth-order valence-electron chi connectivity index (χ4n) is 3.44. The maximum atomic E-state index is 12.3. The molecular weight excluding hydrogens is 380 g/mol. The van der Waals surface area contributed by atoms with Gasteiger partial charge in [-0.05, 0) is 48.3 Å². The predicted octanol–water partition coefficient (Wildman–Crippen LogP) is 4.77. The zero-order valence-corrected chi connectivity index (χ0v) is 16.9. The van der Waals surface area contributed by atoms with Crippen molar-refractivity contribution < 1.29 is 12.7 Å². The maximum absolute atomic E-state index is 12.3. The topological polar surface area (TPSA) is 79.5 Å². The van der Waals surface area contributed by atoms with E-state index in [1.165, 1.54) is 18.2 Å². The molecule has 1 fully saturated rings. The lowest BCUT2D eigenvalue weighted by Gasteiger charge is -2.20. The molecule has 0 amide bonds.